The van der Waals surface area contributed by atoms with Gasteiger partial charge in [-0.25, -0.2) is 14.5 Å². The van der Waals surface area contributed by atoms with E-state index in [1.54, 1.807) is 12.5 Å². The van der Waals surface area contributed by atoms with Crippen molar-refractivity contribution in [2.45, 2.75) is 46.6 Å². The molecule has 0 aliphatic rings. The van der Waals surface area contributed by atoms with Crippen molar-refractivity contribution in [2.24, 2.45) is 0 Å². The summed E-state index contributed by atoms with van der Waals surface area (Å²) in [6.07, 6.45) is 7.49. The fourth-order valence-corrected chi connectivity index (χ4v) is 3.04. The van der Waals surface area contributed by atoms with Crippen LogP contribution in [0.1, 0.15) is 35.5 Å². The second kappa shape index (κ2) is 7.46. The van der Waals surface area contributed by atoms with Crippen LogP contribution < -0.4 is 5.32 Å². The van der Waals surface area contributed by atoms with Gasteiger partial charge in [-0.1, -0.05) is 0 Å². The van der Waals surface area contributed by atoms with Crippen molar-refractivity contribution >= 4 is 11.6 Å². The molecule has 7 heteroatoms. The van der Waals surface area contributed by atoms with Crippen LogP contribution in [-0.2, 0) is 17.8 Å². The SMILES string of the molecule is Cc1cc2nc(C)c(CCC(=O)NCCCn3ccnc3)c(C)n2n1. The highest BCUT2D eigenvalue weighted by molar-refractivity contribution is 5.76. The molecule has 0 aliphatic carbocycles. The van der Waals surface area contributed by atoms with E-state index in [1.165, 1.54) is 0 Å². The van der Waals surface area contributed by atoms with Gasteiger partial charge in [-0.05, 0) is 39.2 Å². The number of hydrogen-bond acceptors (Lipinski definition) is 4. The van der Waals surface area contributed by atoms with Crippen molar-refractivity contribution in [3.63, 3.8) is 0 Å². The Labute approximate surface area is 147 Å². The quantitative estimate of drug-likeness (QED) is 0.667. The minimum Gasteiger partial charge on any atom is -0.356 e. The number of aromatic nitrogens is 5. The predicted octanol–water partition coefficient (Wildman–Crippen LogP) is 1.99. The van der Waals surface area contributed by atoms with Crippen molar-refractivity contribution in [2.75, 3.05) is 6.54 Å². The van der Waals surface area contributed by atoms with E-state index in [2.05, 4.69) is 20.4 Å². The number of hydrogen-bond donors (Lipinski definition) is 1. The predicted molar refractivity (Wildman–Crippen MR) is 95.4 cm³/mol. The molecule has 132 valence electrons. The van der Waals surface area contributed by atoms with Crippen molar-refractivity contribution in [1.29, 1.82) is 0 Å². The van der Waals surface area contributed by atoms with Crippen LogP contribution in [0.5, 0.6) is 0 Å². The molecular formula is C18H24N6O. The highest BCUT2D eigenvalue weighted by atomic mass is 16.1. The summed E-state index contributed by atoms with van der Waals surface area (Å²) in [5.41, 5.74) is 4.94. The molecule has 0 atom stereocenters. The number of carbonyl (C=O) groups excluding carboxylic acids is 1. The molecule has 7 nitrogen and oxygen atoms in total. The van der Waals surface area contributed by atoms with Gasteiger partial charge in [0.05, 0.1) is 12.0 Å². The standard InChI is InChI=1S/C18H24N6O/c1-13-11-17-21-14(2)16(15(3)24(17)22-13)5-6-18(25)20-7-4-9-23-10-8-19-12-23/h8,10-12H,4-7,9H2,1-3H3,(H,20,25). The van der Waals surface area contributed by atoms with E-state index in [4.69, 9.17) is 0 Å². The molecule has 3 heterocycles. The molecule has 0 saturated heterocycles. The summed E-state index contributed by atoms with van der Waals surface area (Å²) >= 11 is 0. The zero-order chi connectivity index (χ0) is 17.8. The topological polar surface area (TPSA) is 77.1 Å². The number of amides is 1. The summed E-state index contributed by atoms with van der Waals surface area (Å²) in [6.45, 7) is 7.52. The van der Waals surface area contributed by atoms with E-state index in [0.717, 1.165) is 41.3 Å². The molecule has 1 amide bonds. The van der Waals surface area contributed by atoms with Crippen LogP contribution in [0, 0.1) is 20.8 Å². The fraction of sp³-hybridized carbons (Fsp3) is 0.444. The van der Waals surface area contributed by atoms with Crippen LogP contribution >= 0.6 is 0 Å². The van der Waals surface area contributed by atoms with Gasteiger partial charge in [-0.3, -0.25) is 4.79 Å². The number of nitrogens with zero attached hydrogens (tertiary/aromatic N) is 5. The lowest BCUT2D eigenvalue weighted by Gasteiger charge is -2.11. The van der Waals surface area contributed by atoms with Crippen molar-refractivity contribution in [3.8, 4) is 0 Å². The Kier molecular flexibility index (Phi) is 5.11. The van der Waals surface area contributed by atoms with E-state index in [1.807, 2.05) is 42.1 Å². The van der Waals surface area contributed by atoms with Gasteiger partial charge in [0.1, 0.15) is 0 Å². The first-order valence-corrected chi connectivity index (χ1v) is 8.59. The average molecular weight is 340 g/mol. The zero-order valence-corrected chi connectivity index (χ0v) is 15.0. The maximum absolute atomic E-state index is 12.1. The van der Waals surface area contributed by atoms with Gasteiger partial charge in [0.2, 0.25) is 5.91 Å². The van der Waals surface area contributed by atoms with Crippen LogP contribution in [0.3, 0.4) is 0 Å². The number of imidazole rings is 1. The molecular weight excluding hydrogens is 316 g/mol. The number of aryl methyl sites for hydroxylation is 4. The Morgan fingerprint density at radius 3 is 2.88 bits per heavy atom. The first kappa shape index (κ1) is 17.1. The second-order valence-corrected chi connectivity index (χ2v) is 6.32. The molecule has 0 spiro atoms. The first-order chi connectivity index (χ1) is 12.0. The summed E-state index contributed by atoms with van der Waals surface area (Å²) < 4.78 is 3.87. The van der Waals surface area contributed by atoms with Gasteiger partial charge in [0.25, 0.3) is 0 Å². The van der Waals surface area contributed by atoms with E-state index < -0.39 is 0 Å². The van der Waals surface area contributed by atoms with E-state index in [-0.39, 0.29) is 5.91 Å². The maximum atomic E-state index is 12.1. The Morgan fingerprint density at radius 2 is 2.12 bits per heavy atom. The molecule has 1 N–H and O–H groups in total. The number of nitrogens with one attached hydrogen (secondary N) is 1. The van der Waals surface area contributed by atoms with Gasteiger partial charge >= 0.3 is 0 Å². The summed E-state index contributed by atoms with van der Waals surface area (Å²) in [5, 5.41) is 7.45. The lowest BCUT2D eigenvalue weighted by atomic mass is 10.1. The van der Waals surface area contributed by atoms with E-state index in [9.17, 15) is 4.79 Å². The molecule has 3 rings (SSSR count). The summed E-state index contributed by atoms with van der Waals surface area (Å²) in [4.78, 5) is 20.7. The normalized spacial score (nSPS) is 11.2. The Morgan fingerprint density at radius 1 is 1.28 bits per heavy atom. The highest BCUT2D eigenvalue weighted by Crippen LogP contribution is 2.16. The molecule has 0 fully saturated rings. The molecule has 3 aromatic rings. The maximum Gasteiger partial charge on any atom is 0.220 e. The number of carbonyl (C=O) groups is 1. The second-order valence-electron chi connectivity index (χ2n) is 6.32. The van der Waals surface area contributed by atoms with E-state index in [0.29, 0.717) is 19.4 Å². The monoisotopic (exact) mass is 340 g/mol. The summed E-state index contributed by atoms with van der Waals surface area (Å²) in [6, 6.07) is 1.97. The first-order valence-electron chi connectivity index (χ1n) is 8.59. The molecule has 0 unspecified atom stereocenters. The molecule has 3 aromatic heterocycles. The lowest BCUT2D eigenvalue weighted by molar-refractivity contribution is -0.121. The minimum absolute atomic E-state index is 0.0705. The third kappa shape index (κ3) is 4.04. The smallest absolute Gasteiger partial charge is 0.220 e. The molecule has 0 bridgehead atoms. The third-order valence-electron chi connectivity index (χ3n) is 4.36. The molecule has 25 heavy (non-hydrogen) atoms. The zero-order valence-electron chi connectivity index (χ0n) is 15.0. The van der Waals surface area contributed by atoms with Crippen LogP contribution in [0.2, 0.25) is 0 Å². The molecule has 0 radical (unpaired) electrons. The lowest BCUT2D eigenvalue weighted by Crippen LogP contribution is -2.25. The Bertz CT molecular complexity index is 865. The average Bonchev–Trinajstić information content (AvgIpc) is 3.20. The van der Waals surface area contributed by atoms with Gasteiger partial charge in [-0.15, -0.1) is 0 Å². The largest absolute Gasteiger partial charge is 0.356 e. The van der Waals surface area contributed by atoms with Crippen LogP contribution in [-0.4, -0.2) is 36.6 Å². The minimum atomic E-state index is 0.0705. The van der Waals surface area contributed by atoms with E-state index >= 15 is 0 Å². The van der Waals surface area contributed by atoms with Gasteiger partial charge in [-0.2, -0.15) is 5.10 Å². The highest BCUT2D eigenvalue weighted by Gasteiger charge is 2.12. The fourth-order valence-electron chi connectivity index (χ4n) is 3.04. The molecule has 0 aromatic carbocycles. The van der Waals surface area contributed by atoms with Crippen LogP contribution in [0.4, 0.5) is 0 Å². The van der Waals surface area contributed by atoms with Crippen LogP contribution in [0.15, 0.2) is 24.8 Å². The van der Waals surface area contributed by atoms with Crippen molar-refractivity contribution < 1.29 is 4.79 Å². The third-order valence-corrected chi connectivity index (χ3v) is 4.36. The van der Waals surface area contributed by atoms with Crippen LogP contribution in [0.25, 0.3) is 5.65 Å². The van der Waals surface area contributed by atoms with Gasteiger partial charge in [0.15, 0.2) is 5.65 Å². The Balaban J connectivity index is 1.52. The summed E-state index contributed by atoms with van der Waals surface area (Å²) in [7, 11) is 0. The van der Waals surface area contributed by atoms with Gasteiger partial charge < -0.3 is 9.88 Å². The molecule has 0 saturated carbocycles. The molecule has 0 aliphatic heterocycles. The van der Waals surface area contributed by atoms with Crippen molar-refractivity contribution in [1.82, 2.24) is 29.5 Å². The Hall–Kier alpha value is -2.70. The number of fused-ring (bicyclic) bond motifs is 1. The van der Waals surface area contributed by atoms with Crippen molar-refractivity contribution in [3.05, 3.63) is 47.4 Å². The van der Waals surface area contributed by atoms with Gasteiger partial charge in [0, 0.05) is 49.4 Å². The number of rotatable bonds is 7. The summed E-state index contributed by atoms with van der Waals surface area (Å²) in [5.74, 6) is 0.0705.